The molecule has 12 aromatic rings. The summed E-state index contributed by atoms with van der Waals surface area (Å²) < 4.78 is 2.52. The molecule has 372 valence electrons. The fraction of sp³-hybridized carbons (Fsp3) is 0.0789. The Morgan fingerprint density at radius 1 is 0.359 bits per heavy atom. The second kappa shape index (κ2) is 19.0. The van der Waals surface area contributed by atoms with Gasteiger partial charge in [-0.15, -0.1) is 0 Å². The molecule has 1 unspecified atom stereocenters. The molecular weight excluding hydrogens is 941 g/mol. The van der Waals surface area contributed by atoms with Gasteiger partial charge in [-0.3, -0.25) is 0 Å². The highest BCUT2D eigenvalue weighted by atomic mass is 15.1. The minimum Gasteiger partial charge on any atom is -0.310 e. The van der Waals surface area contributed by atoms with Gasteiger partial charge >= 0.3 is 0 Å². The number of aromatic nitrogens is 1. The van der Waals surface area contributed by atoms with Crippen LogP contribution in [0.3, 0.4) is 0 Å². The average molecular weight is 999 g/mol. The average Bonchev–Trinajstić information content (AvgIpc) is 4.21. The van der Waals surface area contributed by atoms with E-state index < -0.39 is 0 Å². The third-order valence-corrected chi connectivity index (χ3v) is 16.9. The first-order valence-corrected chi connectivity index (χ1v) is 27.4. The van der Waals surface area contributed by atoms with Crippen LogP contribution in [0.4, 0.5) is 17.1 Å². The van der Waals surface area contributed by atoms with Crippen LogP contribution >= 0.6 is 0 Å². The highest BCUT2D eigenvalue weighted by Crippen LogP contribution is 2.52. The van der Waals surface area contributed by atoms with Crippen molar-refractivity contribution in [1.29, 1.82) is 0 Å². The minimum atomic E-state index is -0.284. The predicted molar refractivity (Wildman–Crippen MR) is 329 cm³/mol. The molecule has 1 aromatic heterocycles. The number of fused-ring (bicyclic) bond motifs is 6. The first-order valence-electron chi connectivity index (χ1n) is 27.4. The predicted octanol–water partition coefficient (Wildman–Crippen LogP) is 20.5. The third-order valence-electron chi connectivity index (χ3n) is 16.9. The molecule has 0 N–H and O–H groups in total. The van der Waals surface area contributed by atoms with Gasteiger partial charge in [-0.25, -0.2) is 0 Å². The molecule has 0 radical (unpaired) electrons. The highest BCUT2D eigenvalue weighted by Gasteiger charge is 2.39. The molecule has 1 heterocycles. The largest absolute Gasteiger partial charge is 0.310 e. The maximum absolute atomic E-state index is 2.52. The Morgan fingerprint density at radius 3 is 1.44 bits per heavy atom. The number of rotatable bonds is 10. The Kier molecular flexibility index (Phi) is 11.4. The molecule has 2 heteroatoms. The van der Waals surface area contributed by atoms with E-state index in [-0.39, 0.29) is 10.8 Å². The molecule has 0 spiro atoms. The summed E-state index contributed by atoms with van der Waals surface area (Å²) >= 11 is 0. The summed E-state index contributed by atoms with van der Waals surface area (Å²) in [5.41, 5.74) is 26.7. The van der Waals surface area contributed by atoms with Crippen LogP contribution < -0.4 is 4.90 Å². The summed E-state index contributed by atoms with van der Waals surface area (Å²) in [6, 6.07) is 101. The second-order valence-electron chi connectivity index (χ2n) is 21.9. The molecular formula is C76H58N2. The normalized spacial score (nSPS) is 14.9. The number of nitrogens with zero attached hydrogens (tertiary/aromatic N) is 2. The zero-order chi connectivity index (χ0) is 52.4. The van der Waals surface area contributed by atoms with Crippen molar-refractivity contribution < 1.29 is 0 Å². The van der Waals surface area contributed by atoms with Crippen molar-refractivity contribution in [2.45, 2.75) is 38.0 Å². The van der Waals surface area contributed by atoms with Gasteiger partial charge in [-0.1, -0.05) is 245 Å². The van der Waals surface area contributed by atoms with Gasteiger partial charge in [0.1, 0.15) is 0 Å². The van der Waals surface area contributed by atoms with E-state index in [1.807, 2.05) is 0 Å². The van der Waals surface area contributed by atoms with Crippen LogP contribution in [0, 0.1) is 0 Å². The van der Waals surface area contributed by atoms with Crippen LogP contribution in [-0.4, -0.2) is 4.57 Å². The molecule has 1 atom stereocenters. The first kappa shape index (κ1) is 47.0. The van der Waals surface area contributed by atoms with E-state index in [0.29, 0.717) is 0 Å². The van der Waals surface area contributed by atoms with Gasteiger partial charge < -0.3 is 9.47 Å². The summed E-state index contributed by atoms with van der Waals surface area (Å²) in [4.78, 5) is 2.39. The van der Waals surface area contributed by atoms with E-state index in [9.17, 15) is 0 Å². The molecule has 0 bridgehead atoms. The molecule has 2 aliphatic rings. The first-order chi connectivity index (χ1) is 38.3. The van der Waals surface area contributed by atoms with E-state index in [1.165, 1.54) is 111 Å². The minimum absolute atomic E-state index is 0.0908. The van der Waals surface area contributed by atoms with E-state index in [1.54, 1.807) is 0 Å². The summed E-state index contributed by atoms with van der Waals surface area (Å²) in [7, 11) is 0. The molecule has 0 saturated heterocycles. The maximum Gasteiger partial charge on any atom is 0.0538 e. The molecule has 0 fully saturated rings. The monoisotopic (exact) mass is 998 g/mol. The van der Waals surface area contributed by atoms with Crippen LogP contribution in [0.15, 0.2) is 279 Å². The Bertz CT molecular complexity index is 4090. The Morgan fingerprint density at radius 2 is 0.833 bits per heavy atom. The number of hydrogen-bond acceptors (Lipinski definition) is 1. The van der Waals surface area contributed by atoms with E-state index in [0.717, 1.165) is 23.5 Å². The zero-order valence-electron chi connectivity index (χ0n) is 44.2. The summed E-state index contributed by atoms with van der Waals surface area (Å²) in [5, 5.41) is 1.30. The number of benzene rings is 11. The lowest BCUT2D eigenvalue weighted by Gasteiger charge is -2.33. The van der Waals surface area contributed by atoms with Crippen molar-refractivity contribution in [2.24, 2.45) is 0 Å². The van der Waals surface area contributed by atoms with Crippen LogP contribution in [0.1, 0.15) is 55.1 Å². The maximum atomic E-state index is 2.52. The van der Waals surface area contributed by atoms with Crippen LogP contribution in [-0.2, 0) is 10.8 Å². The van der Waals surface area contributed by atoms with Gasteiger partial charge in [0.2, 0.25) is 0 Å². The molecule has 14 rings (SSSR count). The standard InChI is InChI=1S/C76H58N2/c1-75(2)70-27-12-10-25-67(70)68-47-46-66(51-71(68)75)78-72-28-13-11-26-69(72)74-73(78)29-16-48-76(74,3)62-23-14-21-60(49-62)61-22-15-24-65(50-61)77(63-42-38-58(39-43-63)56-34-30-54(31-35-56)52-17-6-4-7-18-52)64-44-40-59(41-45-64)57-36-32-55(33-37-57)53-19-8-5-9-20-53/h4-47,49-51H,48H2,1-3H3. The summed E-state index contributed by atoms with van der Waals surface area (Å²) in [5.74, 6) is 0. The second-order valence-corrected chi connectivity index (χ2v) is 21.9. The SMILES string of the molecule is CC1(C)c2ccccc2-c2ccc(-n3c4c(c5ccccc53)C(C)(c3cccc(-c5cccc(N(c6ccc(-c7ccc(-c8ccccc8)cc7)cc6)c6ccc(-c7ccc(-c8ccccc8)cc7)cc6)c5)c3)CC=C4)cc21. The number of para-hydroxylation sites is 1. The fourth-order valence-corrected chi connectivity index (χ4v) is 12.8. The molecule has 0 aliphatic heterocycles. The van der Waals surface area contributed by atoms with Gasteiger partial charge in [0.25, 0.3) is 0 Å². The van der Waals surface area contributed by atoms with Crippen molar-refractivity contribution in [1.82, 2.24) is 4.57 Å². The van der Waals surface area contributed by atoms with Gasteiger partial charge in [-0.05, 0) is 156 Å². The van der Waals surface area contributed by atoms with Crippen molar-refractivity contribution >= 4 is 34.0 Å². The molecule has 2 nitrogen and oxygen atoms in total. The fourth-order valence-electron chi connectivity index (χ4n) is 12.8. The molecule has 0 amide bonds. The summed E-state index contributed by atoms with van der Waals surface area (Å²) in [6.07, 6.45) is 5.67. The number of anilines is 3. The topological polar surface area (TPSA) is 8.17 Å². The lowest BCUT2D eigenvalue weighted by Crippen LogP contribution is -2.26. The van der Waals surface area contributed by atoms with Crippen molar-refractivity contribution in [3.63, 3.8) is 0 Å². The molecule has 2 aliphatic carbocycles. The zero-order valence-corrected chi connectivity index (χ0v) is 44.2. The molecule has 0 saturated carbocycles. The smallest absolute Gasteiger partial charge is 0.0538 e. The van der Waals surface area contributed by atoms with Crippen molar-refractivity contribution in [3.05, 3.63) is 307 Å². The van der Waals surface area contributed by atoms with Gasteiger partial charge in [0.05, 0.1) is 11.2 Å². The van der Waals surface area contributed by atoms with Gasteiger partial charge in [-0.2, -0.15) is 0 Å². The lowest BCUT2D eigenvalue weighted by atomic mass is 9.70. The number of allylic oxidation sites excluding steroid dienone is 1. The van der Waals surface area contributed by atoms with Gasteiger partial charge in [0.15, 0.2) is 0 Å². The third kappa shape index (κ3) is 8.03. The van der Waals surface area contributed by atoms with E-state index in [2.05, 4.69) is 315 Å². The number of hydrogen-bond donors (Lipinski definition) is 0. The lowest BCUT2D eigenvalue weighted by molar-refractivity contribution is 0.578. The summed E-state index contributed by atoms with van der Waals surface area (Å²) in [6.45, 7) is 7.20. The van der Waals surface area contributed by atoms with Crippen LogP contribution in [0.5, 0.6) is 0 Å². The van der Waals surface area contributed by atoms with Crippen molar-refractivity contribution in [3.8, 4) is 72.4 Å². The van der Waals surface area contributed by atoms with Crippen LogP contribution in [0.2, 0.25) is 0 Å². The quantitative estimate of drug-likeness (QED) is 0.133. The Balaban J connectivity index is 0.822. The highest BCUT2D eigenvalue weighted by molar-refractivity contribution is 5.94. The van der Waals surface area contributed by atoms with Crippen molar-refractivity contribution in [2.75, 3.05) is 4.90 Å². The Labute approximate surface area is 458 Å². The van der Waals surface area contributed by atoms with E-state index in [4.69, 9.17) is 0 Å². The molecule has 11 aromatic carbocycles. The Hall–Kier alpha value is -9.50. The van der Waals surface area contributed by atoms with E-state index >= 15 is 0 Å². The molecule has 78 heavy (non-hydrogen) atoms. The van der Waals surface area contributed by atoms with Gasteiger partial charge in [0, 0.05) is 39.0 Å². The van der Waals surface area contributed by atoms with Crippen LogP contribution in [0.25, 0.3) is 89.4 Å².